The molecule has 0 bridgehead atoms. The van der Waals surface area contributed by atoms with E-state index in [1.54, 1.807) is 0 Å². The van der Waals surface area contributed by atoms with E-state index in [9.17, 15) is 0 Å². The van der Waals surface area contributed by atoms with E-state index in [1.807, 2.05) is 0 Å². The monoisotopic (exact) mass is 346 g/mol. The van der Waals surface area contributed by atoms with Crippen LogP contribution in [0.1, 0.15) is 38.3 Å². The summed E-state index contributed by atoms with van der Waals surface area (Å²) in [6.45, 7) is 6.73. The molecule has 1 heterocycles. The van der Waals surface area contributed by atoms with Crippen molar-refractivity contribution in [2.75, 3.05) is 13.1 Å². The summed E-state index contributed by atoms with van der Waals surface area (Å²) < 4.78 is 1.15. The lowest BCUT2D eigenvalue weighted by atomic mass is 10.0. The molecule has 2 rings (SSSR count). The number of likely N-dealkylation sites (tertiary alicyclic amines) is 1. The van der Waals surface area contributed by atoms with Gasteiger partial charge in [0.05, 0.1) is 0 Å². The molecule has 0 saturated carbocycles. The van der Waals surface area contributed by atoms with Gasteiger partial charge in [-0.05, 0) is 49.9 Å². The standard InChI is InChI=1S/C15H23BrN2.ClH/c1-3-15(12-4-6-14(16)7-5-12)18-9-8-13(10-18)11(2)17;/h4-7,11,13,15H,3,8-10,17H2,1-2H3;1H. The number of halogens is 2. The number of hydrogen-bond donors (Lipinski definition) is 1. The predicted molar refractivity (Wildman–Crippen MR) is 87.8 cm³/mol. The first-order chi connectivity index (χ1) is 8.61. The van der Waals surface area contributed by atoms with Crippen molar-refractivity contribution in [3.8, 4) is 0 Å². The summed E-state index contributed by atoms with van der Waals surface area (Å²) in [4.78, 5) is 2.59. The highest BCUT2D eigenvalue weighted by atomic mass is 79.9. The van der Waals surface area contributed by atoms with Crippen LogP contribution in [0.4, 0.5) is 0 Å². The lowest BCUT2D eigenvalue weighted by molar-refractivity contribution is 0.227. The molecule has 3 unspecified atom stereocenters. The van der Waals surface area contributed by atoms with Crippen LogP contribution in [0.5, 0.6) is 0 Å². The van der Waals surface area contributed by atoms with Gasteiger partial charge >= 0.3 is 0 Å². The Morgan fingerprint density at radius 1 is 1.37 bits per heavy atom. The molecule has 0 aliphatic carbocycles. The van der Waals surface area contributed by atoms with Crippen molar-refractivity contribution in [1.29, 1.82) is 0 Å². The minimum absolute atomic E-state index is 0. The summed E-state index contributed by atoms with van der Waals surface area (Å²) in [5.41, 5.74) is 7.45. The zero-order valence-corrected chi connectivity index (χ0v) is 14.1. The highest BCUT2D eigenvalue weighted by Crippen LogP contribution is 2.31. The van der Waals surface area contributed by atoms with E-state index in [-0.39, 0.29) is 12.4 Å². The van der Waals surface area contributed by atoms with E-state index in [1.165, 1.54) is 18.5 Å². The van der Waals surface area contributed by atoms with E-state index in [2.05, 4.69) is 58.9 Å². The summed E-state index contributed by atoms with van der Waals surface area (Å²) in [5.74, 6) is 0.662. The molecule has 1 fully saturated rings. The zero-order chi connectivity index (χ0) is 13.1. The van der Waals surface area contributed by atoms with Gasteiger partial charge in [-0.1, -0.05) is 35.0 Å². The van der Waals surface area contributed by atoms with E-state index >= 15 is 0 Å². The number of hydrogen-bond acceptors (Lipinski definition) is 2. The van der Waals surface area contributed by atoms with Crippen LogP contribution >= 0.6 is 28.3 Å². The summed E-state index contributed by atoms with van der Waals surface area (Å²) in [6, 6.07) is 9.60. The van der Waals surface area contributed by atoms with Crippen LogP contribution in [0.25, 0.3) is 0 Å². The molecule has 0 amide bonds. The average molecular weight is 348 g/mol. The maximum Gasteiger partial charge on any atom is 0.0345 e. The number of benzene rings is 1. The molecule has 4 heteroatoms. The Labute approximate surface area is 131 Å². The fourth-order valence-electron chi connectivity index (χ4n) is 2.92. The minimum atomic E-state index is 0. The minimum Gasteiger partial charge on any atom is -0.328 e. The van der Waals surface area contributed by atoms with Gasteiger partial charge in [-0.25, -0.2) is 0 Å². The molecule has 2 N–H and O–H groups in total. The molecule has 0 radical (unpaired) electrons. The molecule has 19 heavy (non-hydrogen) atoms. The van der Waals surface area contributed by atoms with Crippen LogP contribution < -0.4 is 5.73 Å². The van der Waals surface area contributed by atoms with E-state index in [0.717, 1.165) is 17.4 Å². The highest BCUT2D eigenvalue weighted by Gasteiger charge is 2.29. The molecule has 0 spiro atoms. The number of rotatable bonds is 4. The first kappa shape index (κ1) is 17.0. The smallest absolute Gasteiger partial charge is 0.0345 e. The van der Waals surface area contributed by atoms with Gasteiger partial charge < -0.3 is 5.73 Å². The van der Waals surface area contributed by atoms with Crippen molar-refractivity contribution >= 4 is 28.3 Å². The second kappa shape index (κ2) is 7.63. The van der Waals surface area contributed by atoms with Crippen LogP contribution in [-0.2, 0) is 0 Å². The average Bonchev–Trinajstić information content (AvgIpc) is 2.82. The molecule has 1 aromatic carbocycles. The lowest BCUT2D eigenvalue weighted by Crippen LogP contribution is -2.31. The van der Waals surface area contributed by atoms with Gasteiger partial charge in [-0.2, -0.15) is 0 Å². The second-order valence-corrected chi connectivity index (χ2v) is 6.29. The third-order valence-electron chi connectivity index (χ3n) is 4.08. The van der Waals surface area contributed by atoms with Crippen molar-refractivity contribution in [3.05, 3.63) is 34.3 Å². The van der Waals surface area contributed by atoms with Gasteiger partial charge in [-0.3, -0.25) is 4.90 Å². The Morgan fingerprint density at radius 2 is 2.00 bits per heavy atom. The normalized spacial score (nSPS) is 22.8. The van der Waals surface area contributed by atoms with Gasteiger partial charge in [0.25, 0.3) is 0 Å². The maximum atomic E-state index is 6.03. The van der Waals surface area contributed by atoms with Gasteiger partial charge in [0.15, 0.2) is 0 Å². The molecule has 1 aliphatic heterocycles. The Bertz CT molecular complexity index is 380. The summed E-state index contributed by atoms with van der Waals surface area (Å²) >= 11 is 3.50. The zero-order valence-electron chi connectivity index (χ0n) is 11.7. The maximum absolute atomic E-state index is 6.03. The Hall–Kier alpha value is -0.0900. The van der Waals surface area contributed by atoms with Crippen LogP contribution in [-0.4, -0.2) is 24.0 Å². The molecule has 2 nitrogen and oxygen atoms in total. The predicted octanol–water partition coefficient (Wildman–Crippen LogP) is 3.99. The summed E-state index contributed by atoms with van der Waals surface area (Å²) in [7, 11) is 0. The fraction of sp³-hybridized carbons (Fsp3) is 0.600. The first-order valence-corrected chi connectivity index (χ1v) is 7.66. The van der Waals surface area contributed by atoms with Crippen molar-refractivity contribution in [2.24, 2.45) is 11.7 Å². The molecular formula is C15H24BrClN2. The van der Waals surface area contributed by atoms with Gasteiger partial charge in [0.2, 0.25) is 0 Å². The van der Waals surface area contributed by atoms with E-state index in [0.29, 0.717) is 18.0 Å². The van der Waals surface area contributed by atoms with Crippen LogP contribution in [0.3, 0.4) is 0 Å². The molecule has 1 saturated heterocycles. The van der Waals surface area contributed by atoms with Crippen LogP contribution in [0.2, 0.25) is 0 Å². The van der Waals surface area contributed by atoms with Crippen LogP contribution in [0.15, 0.2) is 28.7 Å². The molecule has 1 aromatic rings. The largest absolute Gasteiger partial charge is 0.328 e. The Morgan fingerprint density at radius 3 is 2.47 bits per heavy atom. The Kier molecular flexibility index (Phi) is 6.81. The third kappa shape index (κ3) is 4.19. The number of nitrogens with two attached hydrogens (primary N) is 1. The first-order valence-electron chi connectivity index (χ1n) is 6.87. The lowest BCUT2D eigenvalue weighted by Gasteiger charge is -2.28. The molecule has 1 aliphatic rings. The molecule has 3 atom stereocenters. The Balaban J connectivity index is 0.00000180. The SMILES string of the molecule is CCC(c1ccc(Br)cc1)N1CCC(C(C)N)C1.Cl. The fourth-order valence-corrected chi connectivity index (χ4v) is 3.18. The number of nitrogens with zero attached hydrogens (tertiary/aromatic N) is 1. The van der Waals surface area contributed by atoms with Gasteiger partial charge in [0, 0.05) is 23.1 Å². The highest BCUT2D eigenvalue weighted by molar-refractivity contribution is 9.10. The van der Waals surface area contributed by atoms with Crippen molar-refractivity contribution < 1.29 is 0 Å². The summed E-state index contributed by atoms with van der Waals surface area (Å²) in [6.07, 6.45) is 2.40. The van der Waals surface area contributed by atoms with Crippen molar-refractivity contribution in [3.63, 3.8) is 0 Å². The second-order valence-electron chi connectivity index (χ2n) is 5.38. The molecule has 108 valence electrons. The quantitative estimate of drug-likeness (QED) is 0.892. The molecular weight excluding hydrogens is 324 g/mol. The van der Waals surface area contributed by atoms with Crippen molar-refractivity contribution in [1.82, 2.24) is 4.90 Å². The molecule has 0 aromatic heterocycles. The van der Waals surface area contributed by atoms with Gasteiger partial charge in [0.1, 0.15) is 0 Å². The topological polar surface area (TPSA) is 29.3 Å². The van der Waals surface area contributed by atoms with E-state index < -0.39 is 0 Å². The third-order valence-corrected chi connectivity index (χ3v) is 4.61. The van der Waals surface area contributed by atoms with Crippen LogP contribution in [0, 0.1) is 5.92 Å². The van der Waals surface area contributed by atoms with Crippen molar-refractivity contribution in [2.45, 2.75) is 38.8 Å². The van der Waals surface area contributed by atoms with E-state index in [4.69, 9.17) is 5.73 Å². The van der Waals surface area contributed by atoms with Gasteiger partial charge in [-0.15, -0.1) is 12.4 Å². The summed E-state index contributed by atoms with van der Waals surface area (Å²) in [5, 5.41) is 0.